The topological polar surface area (TPSA) is 70.2 Å². The fraction of sp³-hybridized carbons (Fsp3) is 0.588. The summed E-state index contributed by atoms with van der Waals surface area (Å²) in [5.41, 5.74) is 0.260. The highest BCUT2D eigenvalue weighted by molar-refractivity contribution is 7.92. The van der Waals surface area contributed by atoms with Crippen molar-refractivity contribution >= 4 is 33.2 Å². The molecule has 1 heterocycles. The molecule has 0 bridgehead atoms. The Hall–Kier alpha value is -1.51. The third kappa shape index (κ3) is 4.61. The largest absolute Gasteiger partial charge is 0.495 e. The van der Waals surface area contributed by atoms with E-state index in [0.29, 0.717) is 23.9 Å². The third-order valence-corrected chi connectivity index (χ3v) is 6.04. The van der Waals surface area contributed by atoms with Crippen LogP contribution in [0.3, 0.4) is 0 Å². The smallest absolute Gasteiger partial charge is 0.246 e. The molecular formula is C17H26ClN3O4S. The zero-order chi connectivity index (χ0) is 19.5. The second kappa shape index (κ2) is 8.45. The molecule has 0 aliphatic carbocycles. The zero-order valence-electron chi connectivity index (χ0n) is 15.6. The summed E-state index contributed by atoms with van der Waals surface area (Å²) in [7, 11) is -2.28. The van der Waals surface area contributed by atoms with Gasteiger partial charge in [0, 0.05) is 31.2 Å². The number of ether oxygens (including phenoxy) is 1. The maximum Gasteiger partial charge on any atom is 0.246 e. The van der Waals surface area contributed by atoms with Crippen LogP contribution in [0.1, 0.15) is 13.8 Å². The molecular weight excluding hydrogens is 378 g/mol. The maximum atomic E-state index is 13.0. The number of halogens is 1. The standard InChI is InChI=1S/C17H26ClN3O4S/c1-5-19-8-10-20(11-9-19)17(22)13(2)21(26(4,23)24)15-12-14(18)6-7-16(15)25-3/h6-7,12-13H,5,8-11H2,1-4H3/t13-/m1/s1. The molecule has 1 aromatic carbocycles. The highest BCUT2D eigenvalue weighted by Gasteiger charge is 2.34. The first-order valence-electron chi connectivity index (χ1n) is 8.53. The number of sulfonamides is 1. The molecule has 1 aliphatic rings. The molecule has 1 amide bonds. The number of carbonyl (C=O) groups is 1. The highest BCUT2D eigenvalue weighted by atomic mass is 35.5. The molecule has 1 aliphatic heterocycles. The van der Waals surface area contributed by atoms with E-state index in [4.69, 9.17) is 16.3 Å². The van der Waals surface area contributed by atoms with Gasteiger partial charge >= 0.3 is 0 Å². The Bertz CT molecular complexity index is 748. The van der Waals surface area contributed by atoms with E-state index in [1.165, 1.54) is 13.2 Å². The molecule has 0 unspecified atom stereocenters. The van der Waals surface area contributed by atoms with Crippen LogP contribution in [0.25, 0.3) is 0 Å². The first kappa shape index (κ1) is 20.8. The number of rotatable bonds is 6. The monoisotopic (exact) mass is 403 g/mol. The van der Waals surface area contributed by atoms with Gasteiger partial charge in [-0.3, -0.25) is 9.10 Å². The van der Waals surface area contributed by atoms with Crippen LogP contribution in [0, 0.1) is 0 Å². The van der Waals surface area contributed by atoms with Gasteiger partial charge in [-0.2, -0.15) is 0 Å². The van der Waals surface area contributed by atoms with E-state index in [-0.39, 0.29) is 11.6 Å². The van der Waals surface area contributed by atoms with Gasteiger partial charge in [0.1, 0.15) is 11.8 Å². The van der Waals surface area contributed by atoms with Crippen LogP contribution in [0.15, 0.2) is 18.2 Å². The molecule has 0 radical (unpaired) electrons. The number of anilines is 1. The van der Waals surface area contributed by atoms with Crippen molar-refractivity contribution in [3.05, 3.63) is 23.2 Å². The van der Waals surface area contributed by atoms with E-state index >= 15 is 0 Å². The average molecular weight is 404 g/mol. The van der Waals surface area contributed by atoms with Crippen LogP contribution in [-0.4, -0.2) is 76.3 Å². The summed E-state index contributed by atoms with van der Waals surface area (Å²) < 4.78 is 31.3. The van der Waals surface area contributed by atoms with Gasteiger partial charge in [0.25, 0.3) is 0 Å². The Labute approximate surface area is 160 Å². The number of amides is 1. The van der Waals surface area contributed by atoms with E-state index in [1.54, 1.807) is 24.0 Å². The van der Waals surface area contributed by atoms with Gasteiger partial charge in [0.05, 0.1) is 19.1 Å². The molecule has 0 spiro atoms. The lowest BCUT2D eigenvalue weighted by Crippen LogP contribution is -2.55. The number of piperazine rings is 1. The minimum absolute atomic E-state index is 0.229. The molecule has 1 aromatic rings. The summed E-state index contributed by atoms with van der Waals surface area (Å²) in [6.07, 6.45) is 1.08. The number of benzene rings is 1. The molecule has 1 atom stereocenters. The van der Waals surface area contributed by atoms with Crippen molar-refractivity contribution in [1.29, 1.82) is 0 Å². The van der Waals surface area contributed by atoms with Crippen LogP contribution in [0.5, 0.6) is 5.75 Å². The van der Waals surface area contributed by atoms with Crippen LogP contribution in [0.2, 0.25) is 5.02 Å². The predicted molar refractivity (Wildman–Crippen MR) is 103 cm³/mol. The number of methoxy groups -OCH3 is 1. The van der Waals surface area contributed by atoms with Crippen LogP contribution in [-0.2, 0) is 14.8 Å². The number of hydrogen-bond donors (Lipinski definition) is 0. The third-order valence-electron chi connectivity index (χ3n) is 4.58. The quantitative estimate of drug-likeness (QED) is 0.722. The van der Waals surface area contributed by atoms with Crippen molar-refractivity contribution in [2.24, 2.45) is 0 Å². The SMILES string of the molecule is CCN1CCN(C(=O)[C@@H](C)N(c2cc(Cl)ccc2OC)S(C)(=O)=O)CC1. The Balaban J connectivity index is 2.33. The fourth-order valence-corrected chi connectivity index (χ4v) is 4.49. The Kier molecular flexibility index (Phi) is 6.76. The molecule has 7 nitrogen and oxygen atoms in total. The first-order valence-corrected chi connectivity index (χ1v) is 10.8. The van der Waals surface area contributed by atoms with E-state index in [2.05, 4.69) is 11.8 Å². The van der Waals surface area contributed by atoms with Gasteiger partial charge in [0.2, 0.25) is 15.9 Å². The van der Waals surface area contributed by atoms with E-state index < -0.39 is 16.1 Å². The summed E-state index contributed by atoms with van der Waals surface area (Å²) >= 11 is 6.06. The first-order chi connectivity index (χ1) is 12.2. The molecule has 146 valence electrons. The number of likely N-dealkylation sites (N-methyl/N-ethyl adjacent to an activating group) is 1. The highest BCUT2D eigenvalue weighted by Crippen LogP contribution is 2.34. The lowest BCUT2D eigenvalue weighted by atomic mass is 10.2. The van der Waals surface area contributed by atoms with Crippen molar-refractivity contribution in [3.63, 3.8) is 0 Å². The molecule has 1 fully saturated rings. The van der Waals surface area contributed by atoms with Crippen LogP contribution >= 0.6 is 11.6 Å². The average Bonchev–Trinajstić information content (AvgIpc) is 2.60. The summed E-state index contributed by atoms with van der Waals surface area (Å²) in [5.74, 6) is 0.114. The molecule has 26 heavy (non-hydrogen) atoms. The van der Waals surface area contributed by atoms with Crippen LogP contribution < -0.4 is 9.04 Å². The summed E-state index contributed by atoms with van der Waals surface area (Å²) in [5, 5.41) is 0.366. The second-order valence-corrected chi connectivity index (χ2v) is 8.61. The lowest BCUT2D eigenvalue weighted by Gasteiger charge is -2.38. The normalized spacial score (nSPS) is 17.0. The number of hydrogen-bond acceptors (Lipinski definition) is 5. The minimum Gasteiger partial charge on any atom is -0.495 e. The van der Waals surface area contributed by atoms with Crippen LogP contribution in [0.4, 0.5) is 5.69 Å². The van der Waals surface area contributed by atoms with Crippen molar-refractivity contribution in [2.75, 3.05) is 50.4 Å². The molecule has 1 saturated heterocycles. The Morgan fingerprint density at radius 3 is 2.42 bits per heavy atom. The number of nitrogens with zero attached hydrogens (tertiary/aromatic N) is 3. The summed E-state index contributed by atoms with van der Waals surface area (Å²) in [6, 6.07) is 3.80. The Morgan fingerprint density at radius 2 is 1.92 bits per heavy atom. The van der Waals surface area contributed by atoms with E-state index in [1.807, 2.05) is 0 Å². The summed E-state index contributed by atoms with van der Waals surface area (Å²) in [6.45, 7) is 7.35. The molecule has 9 heteroatoms. The Morgan fingerprint density at radius 1 is 1.31 bits per heavy atom. The van der Waals surface area contributed by atoms with Gasteiger partial charge in [-0.1, -0.05) is 18.5 Å². The molecule has 0 saturated carbocycles. The predicted octanol–water partition coefficient (Wildman–Crippen LogP) is 1.67. The second-order valence-electron chi connectivity index (χ2n) is 6.31. The molecule has 2 rings (SSSR count). The number of carbonyl (C=O) groups excluding carboxylic acids is 1. The maximum absolute atomic E-state index is 13.0. The van der Waals surface area contributed by atoms with E-state index in [9.17, 15) is 13.2 Å². The van der Waals surface area contributed by atoms with E-state index in [0.717, 1.165) is 30.2 Å². The van der Waals surface area contributed by atoms with Gasteiger partial charge in [-0.25, -0.2) is 8.42 Å². The van der Waals surface area contributed by atoms with Gasteiger partial charge in [0.15, 0.2) is 0 Å². The lowest BCUT2D eigenvalue weighted by molar-refractivity contribution is -0.133. The fourth-order valence-electron chi connectivity index (χ4n) is 3.16. The van der Waals surface area contributed by atoms with Gasteiger partial charge in [-0.05, 0) is 31.7 Å². The van der Waals surface area contributed by atoms with Crippen molar-refractivity contribution in [3.8, 4) is 5.75 Å². The van der Waals surface area contributed by atoms with Crippen molar-refractivity contribution < 1.29 is 17.9 Å². The molecule has 0 aromatic heterocycles. The van der Waals surface area contributed by atoms with Gasteiger partial charge < -0.3 is 14.5 Å². The molecule has 0 N–H and O–H groups in total. The summed E-state index contributed by atoms with van der Waals surface area (Å²) in [4.78, 5) is 16.9. The zero-order valence-corrected chi connectivity index (χ0v) is 17.2. The van der Waals surface area contributed by atoms with Gasteiger partial charge in [-0.15, -0.1) is 0 Å². The van der Waals surface area contributed by atoms with Crippen molar-refractivity contribution in [2.45, 2.75) is 19.9 Å². The minimum atomic E-state index is -3.73. The van der Waals surface area contributed by atoms with Crippen molar-refractivity contribution in [1.82, 2.24) is 9.80 Å².